The van der Waals surface area contributed by atoms with Crippen molar-refractivity contribution < 1.29 is 4.79 Å². The van der Waals surface area contributed by atoms with E-state index in [1.54, 1.807) is 6.07 Å². The third kappa shape index (κ3) is 2.76. The molecular formula is C14H23N3OS. The summed E-state index contributed by atoms with van der Waals surface area (Å²) in [6.45, 7) is 9.26. The second kappa shape index (κ2) is 5.49. The van der Waals surface area contributed by atoms with Crippen LogP contribution in [-0.4, -0.2) is 39.0 Å². The summed E-state index contributed by atoms with van der Waals surface area (Å²) < 4.78 is 1.97. The first-order valence-corrected chi connectivity index (χ1v) is 7.86. The van der Waals surface area contributed by atoms with Crippen LogP contribution in [0.5, 0.6) is 0 Å². The van der Waals surface area contributed by atoms with Crippen LogP contribution in [0, 0.1) is 0 Å². The van der Waals surface area contributed by atoms with Gasteiger partial charge in [-0.2, -0.15) is 11.8 Å². The number of rotatable bonds is 2. The first-order valence-electron chi connectivity index (χ1n) is 6.81. The SMILES string of the molecule is CC1SCCN(C(=O)c2cc(N)cn2C(C)C)C1C. The fourth-order valence-electron chi connectivity index (χ4n) is 2.47. The molecule has 4 nitrogen and oxygen atoms in total. The van der Waals surface area contributed by atoms with E-state index in [9.17, 15) is 4.79 Å². The molecule has 0 bridgehead atoms. The van der Waals surface area contributed by atoms with Gasteiger partial charge >= 0.3 is 0 Å². The van der Waals surface area contributed by atoms with Crippen LogP contribution in [0.4, 0.5) is 5.69 Å². The van der Waals surface area contributed by atoms with E-state index >= 15 is 0 Å². The van der Waals surface area contributed by atoms with Crippen LogP contribution in [0.1, 0.15) is 44.2 Å². The molecule has 19 heavy (non-hydrogen) atoms. The van der Waals surface area contributed by atoms with E-state index in [-0.39, 0.29) is 18.0 Å². The molecule has 0 aliphatic carbocycles. The van der Waals surface area contributed by atoms with Gasteiger partial charge in [-0.25, -0.2) is 0 Å². The minimum atomic E-state index is 0.102. The lowest BCUT2D eigenvalue weighted by atomic mass is 10.2. The summed E-state index contributed by atoms with van der Waals surface area (Å²) in [4.78, 5) is 14.7. The molecule has 2 rings (SSSR count). The maximum Gasteiger partial charge on any atom is 0.270 e. The molecule has 106 valence electrons. The average molecular weight is 281 g/mol. The van der Waals surface area contributed by atoms with Crippen molar-refractivity contribution in [2.75, 3.05) is 18.0 Å². The molecule has 2 atom stereocenters. The number of anilines is 1. The number of thioether (sulfide) groups is 1. The molecule has 0 saturated carbocycles. The zero-order valence-corrected chi connectivity index (χ0v) is 12.9. The molecule has 0 aromatic carbocycles. The molecule has 1 fully saturated rings. The van der Waals surface area contributed by atoms with Gasteiger partial charge in [0.05, 0.1) is 5.69 Å². The Labute approximate surface area is 119 Å². The molecule has 1 aliphatic rings. The van der Waals surface area contributed by atoms with Crippen molar-refractivity contribution in [2.45, 2.75) is 45.0 Å². The van der Waals surface area contributed by atoms with E-state index < -0.39 is 0 Å². The second-order valence-corrected chi connectivity index (χ2v) is 6.96. The lowest BCUT2D eigenvalue weighted by Crippen LogP contribution is -2.48. The van der Waals surface area contributed by atoms with Crippen LogP contribution < -0.4 is 5.73 Å². The molecule has 2 unspecified atom stereocenters. The molecule has 1 amide bonds. The van der Waals surface area contributed by atoms with Gasteiger partial charge in [-0.1, -0.05) is 6.92 Å². The van der Waals surface area contributed by atoms with E-state index in [1.165, 1.54) is 0 Å². The lowest BCUT2D eigenvalue weighted by molar-refractivity contribution is 0.0685. The number of nitrogens with two attached hydrogens (primary N) is 1. The van der Waals surface area contributed by atoms with Gasteiger partial charge in [-0.15, -0.1) is 0 Å². The monoisotopic (exact) mass is 281 g/mol. The summed E-state index contributed by atoms with van der Waals surface area (Å²) in [7, 11) is 0. The van der Waals surface area contributed by atoms with Crippen molar-refractivity contribution >= 4 is 23.4 Å². The van der Waals surface area contributed by atoms with Crippen LogP contribution >= 0.6 is 11.8 Å². The fourth-order valence-corrected chi connectivity index (χ4v) is 3.57. The van der Waals surface area contributed by atoms with Crippen molar-refractivity contribution in [3.05, 3.63) is 18.0 Å². The Bertz CT molecular complexity index is 469. The van der Waals surface area contributed by atoms with E-state index in [4.69, 9.17) is 5.73 Å². The number of amides is 1. The van der Waals surface area contributed by atoms with Crippen LogP contribution in [0.25, 0.3) is 0 Å². The molecule has 2 heterocycles. The number of carbonyl (C=O) groups is 1. The predicted octanol–water partition coefficient (Wildman–Crippen LogP) is 2.62. The highest BCUT2D eigenvalue weighted by atomic mass is 32.2. The molecule has 1 aliphatic heterocycles. The van der Waals surface area contributed by atoms with Crippen molar-refractivity contribution in [2.24, 2.45) is 0 Å². The topological polar surface area (TPSA) is 51.3 Å². The zero-order chi connectivity index (χ0) is 14.2. The Kier molecular flexibility index (Phi) is 4.13. The number of hydrogen-bond donors (Lipinski definition) is 1. The molecule has 0 radical (unpaired) electrons. The van der Waals surface area contributed by atoms with Gasteiger partial charge in [-0.3, -0.25) is 4.79 Å². The molecule has 2 N–H and O–H groups in total. The summed E-state index contributed by atoms with van der Waals surface area (Å²) in [5, 5.41) is 0.484. The summed E-state index contributed by atoms with van der Waals surface area (Å²) in [5.74, 6) is 1.11. The van der Waals surface area contributed by atoms with Gasteiger partial charge in [0.15, 0.2) is 0 Å². The Balaban J connectivity index is 2.28. The highest BCUT2D eigenvalue weighted by Crippen LogP contribution is 2.27. The first-order chi connectivity index (χ1) is 8.91. The fraction of sp³-hybridized carbons (Fsp3) is 0.643. The first kappa shape index (κ1) is 14.3. The number of carbonyl (C=O) groups excluding carboxylic acids is 1. The van der Waals surface area contributed by atoms with Crippen molar-refractivity contribution in [3.63, 3.8) is 0 Å². The molecular weight excluding hydrogens is 258 g/mol. The molecule has 0 spiro atoms. The van der Waals surface area contributed by atoms with Crippen LogP contribution in [0.2, 0.25) is 0 Å². The van der Waals surface area contributed by atoms with E-state index in [1.807, 2.05) is 27.4 Å². The largest absolute Gasteiger partial charge is 0.397 e. The summed E-state index contributed by atoms with van der Waals surface area (Å²) in [6, 6.07) is 2.30. The van der Waals surface area contributed by atoms with Gasteiger partial charge in [0, 0.05) is 35.8 Å². The molecule has 1 aromatic rings. The molecule has 1 aromatic heterocycles. The number of aromatic nitrogens is 1. The van der Waals surface area contributed by atoms with Gasteiger partial charge < -0.3 is 15.2 Å². The zero-order valence-electron chi connectivity index (χ0n) is 12.1. The summed E-state index contributed by atoms with van der Waals surface area (Å²) >= 11 is 1.93. The van der Waals surface area contributed by atoms with Crippen LogP contribution in [-0.2, 0) is 0 Å². The quantitative estimate of drug-likeness (QED) is 0.906. The van der Waals surface area contributed by atoms with E-state index in [0.717, 1.165) is 12.3 Å². The van der Waals surface area contributed by atoms with Gasteiger partial charge in [0.1, 0.15) is 5.69 Å². The van der Waals surface area contributed by atoms with Gasteiger partial charge in [0.2, 0.25) is 0 Å². The third-order valence-electron chi connectivity index (χ3n) is 3.79. The van der Waals surface area contributed by atoms with E-state index in [2.05, 4.69) is 27.7 Å². The minimum absolute atomic E-state index is 0.102. The van der Waals surface area contributed by atoms with Crippen molar-refractivity contribution in [1.29, 1.82) is 0 Å². The number of nitrogens with zero attached hydrogens (tertiary/aromatic N) is 2. The molecule has 5 heteroatoms. The van der Waals surface area contributed by atoms with Crippen molar-refractivity contribution in [3.8, 4) is 0 Å². The average Bonchev–Trinajstić information content (AvgIpc) is 2.74. The highest BCUT2D eigenvalue weighted by molar-refractivity contribution is 8.00. The molecule has 1 saturated heterocycles. The Morgan fingerprint density at radius 2 is 2.16 bits per heavy atom. The van der Waals surface area contributed by atoms with Crippen LogP contribution in [0.3, 0.4) is 0 Å². The minimum Gasteiger partial charge on any atom is -0.397 e. The van der Waals surface area contributed by atoms with Gasteiger partial charge in [-0.05, 0) is 26.8 Å². The Morgan fingerprint density at radius 1 is 1.47 bits per heavy atom. The number of nitrogen functional groups attached to an aromatic ring is 1. The van der Waals surface area contributed by atoms with E-state index in [0.29, 0.717) is 16.6 Å². The standard InChI is InChI=1S/C14H23N3OS/c1-9(2)17-8-12(15)7-13(17)14(18)16-5-6-19-11(4)10(16)3/h7-11H,5-6,15H2,1-4H3. The Morgan fingerprint density at radius 3 is 2.79 bits per heavy atom. The van der Waals surface area contributed by atoms with Crippen LogP contribution in [0.15, 0.2) is 12.3 Å². The third-order valence-corrected chi connectivity index (χ3v) is 5.13. The second-order valence-electron chi connectivity index (χ2n) is 5.47. The normalized spacial score (nSPS) is 23.9. The smallest absolute Gasteiger partial charge is 0.270 e. The van der Waals surface area contributed by atoms with Crippen molar-refractivity contribution in [1.82, 2.24) is 9.47 Å². The number of hydrogen-bond acceptors (Lipinski definition) is 3. The maximum absolute atomic E-state index is 12.7. The summed E-state index contributed by atoms with van der Waals surface area (Å²) in [5.41, 5.74) is 7.21. The maximum atomic E-state index is 12.7. The predicted molar refractivity (Wildman–Crippen MR) is 81.6 cm³/mol. The Hall–Kier alpha value is -1.10. The highest BCUT2D eigenvalue weighted by Gasteiger charge is 2.31. The summed E-state index contributed by atoms with van der Waals surface area (Å²) in [6.07, 6.45) is 1.85. The lowest BCUT2D eigenvalue weighted by Gasteiger charge is -2.37. The van der Waals surface area contributed by atoms with Gasteiger partial charge in [0.25, 0.3) is 5.91 Å².